The van der Waals surface area contributed by atoms with Crippen LogP contribution in [0, 0.1) is 6.92 Å². The zero-order valence-corrected chi connectivity index (χ0v) is 13.9. The third kappa shape index (κ3) is 2.92. The molecule has 0 aliphatic rings. The second-order valence-electron chi connectivity index (χ2n) is 5.69. The van der Waals surface area contributed by atoms with Crippen molar-refractivity contribution in [1.29, 1.82) is 0 Å². The first-order valence-electron chi connectivity index (χ1n) is 7.35. The van der Waals surface area contributed by atoms with E-state index in [-0.39, 0.29) is 11.7 Å². The number of aromatic hydroxyl groups is 1. The van der Waals surface area contributed by atoms with Crippen molar-refractivity contribution in [2.24, 2.45) is 10.2 Å². The van der Waals surface area contributed by atoms with E-state index in [1.165, 1.54) is 0 Å². The van der Waals surface area contributed by atoms with Crippen LogP contribution >= 0.6 is 11.6 Å². The second-order valence-corrected chi connectivity index (χ2v) is 6.13. The Morgan fingerprint density at radius 2 is 2.00 bits per heavy atom. The molecule has 3 aromatic rings. The predicted molar refractivity (Wildman–Crippen MR) is 91.3 cm³/mol. The Balaban J connectivity index is 2.13. The van der Waals surface area contributed by atoms with Crippen molar-refractivity contribution in [2.45, 2.75) is 26.7 Å². The first-order valence-corrected chi connectivity index (χ1v) is 7.73. The van der Waals surface area contributed by atoms with E-state index < -0.39 is 0 Å². The summed E-state index contributed by atoms with van der Waals surface area (Å²) in [5.41, 5.74) is 2.98. The number of pyridine rings is 1. The number of fused-ring (bicyclic) bond motifs is 1. The van der Waals surface area contributed by atoms with Gasteiger partial charge in [0, 0.05) is 11.2 Å². The zero-order valence-electron chi connectivity index (χ0n) is 13.2. The highest BCUT2D eigenvalue weighted by molar-refractivity contribution is 6.30. The van der Waals surface area contributed by atoms with Crippen LogP contribution in [0.4, 0.5) is 11.5 Å². The number of hydrogen-bond donors (Lipinski definition) is 1. The molecule has 2 heterocycles. The third-order valence-electron chi connectivity index (χ3n) is 3.59. The van der Waals surface area contributed by atoms with Crippen molar-refractivity contribution in [1.82, 2.24) is 9.38 Å². The molecule has 1 aromatic carbocycles. The van der Waals surface area contributed by atoms with Crippen LogP contribution in [-0.4, -0.2) is 14.5 Å². The molecule has 0 spiro atoms. The number of benzene rings is 1. The normalized spacial score (nSPS) is 11.9. The van der Waals surface area contributed by atoms with Gasteiger partial charge >= 0.3 is 0 Å². The van der Waals surface area contributed by atoms with E-state index in [9.17, 15) is 5.11 Å². The lowest BCUT2D eigenvalue weighted by Gasteiger charge is -2.03. The molecule has 2 aromatic heterocycles. The van der Waals surface area contributed by atoms with E-state index in [1.54, 1.807) is 22.6 Å². The maximum absolute atomic E-state index is 9.98. The van der Waals surface area contributed by atoms with E-state index in [0.29, 0.717) is 16.5 Å². The molecule has 1 N–H and O–H groups in total. The summed E-state index contributed by atoms with van der Waals surface area (Å²) >= 11 is 5.96. The number of aromatic nitrogens is 2. The van der Waals surface area contributed by atoms with Crippen molar-refractivity contribution in [2.75, 3.05) is 0 Å². The highest BCUT2D eigenvalue weighted by atomic mass is 35.5. The van der Waals surface area contributed by atoms with Crippen molar-refractivity contribution >= 4 is 28.8 Å². The fourth-order valence-corrected chi connectivity index (χ4v) is 2.60. The molecule has 6 heteroatoms. The molecule has 0 bridgehead atoms. The van der Waals surface area contributed by atoms with Crippen LogP contribution in [0.2, 0.25) is 5.02 Å². The number of nitrogens with zero attached hydrogens (tertiary/aromatic N) is 4. The summed E-state index contributed by atoms with van der Waals surface area (Å²) in [6.45, 7) is 6.00. The Morgan fingerprint density at radius 3 is 2.70 bits per heavy atom. The first kappa shape index (κ1) is 15.5. The van der Waals surface area contributed by atoms with E-state index in [0.717, 1.165) is 16.9 Å². The Labute approximate surface area is 139 Å². The van der Waals surface area contributed by atoms with Gasteiger partial charge in [0.2, 0.25) is 0 Å². The number of imidazole rings is 1. The van der Waals surface area contributed by atoms with Crippen LogP contribution in [0.1, 0.15) is 31.0 Å². The smallest absolute Gasteiger partial charge is 0.183 e. The van der Waals surface area contributed by atoms with Crippen molar-refractivity contribution in [3.8, 4) is 5.75 Å². The Kier molecular flexibility index (Phi) is 4.05. The third-order valence-corrected chi connectivity index (χ3v) is 3.82. The highest BCUT2D eigenvalue weighted by Crippen LogP contribution is 2.32. The maximum atomic E-state index is 9.98. The minimum atomic E-state index is 0.124. The van der Waals surface area contributed by atoms with Crippen molar-refractivity contribution in [3.05, 3.63) is 52.8 Å². The van der Waals surface area contributed by atoms with Crippen LogP contribution in [0.5, 0.6) is 5.75 Å². The summed E-state index contributed by atoms with van der Waals surface area (Å²) < 4.78 is 1.75. The SMILES string of the molecule is Cc1cc(Cl)ccc1N=Nc1c(C(C)C)nc2c(O)cccn12. The second kappa shape index (κ2) is 6.01. The average molecular weight is 329 g/mol. The number of hydrogen-bond acceptors (Lipinski definition) is 4. The lowest BCUT2D eigenvalue weighted by molar-refractivity contribution is 0.477. The Morgan fingerprint density at radius 1 is 1.22 bits per heavy atom. The fourth-order valence-electron chi connectivity index (χ4n) is 2.38. The minimum absolute atomic E-state index is 0.124. The van der Waals surface area contributed by atoms with Gasteiger partial charge in [-0.1, -0.05) is 25.4 Å². The van der Waals surface area contributed by atoms with Gasteiger partial charge in [-0.05, 0) is 48.7 Å². The van der Waals surface area contributed by atoms with E-state index in [2.05, 4.69) is 15.2 Å². The van der Waals surface area contributed by atoms with Gasteiger partial charge in [-0.15, -0.1) is 10.2 Å². The molecule has 0 aliphatic heterocycles. The summed E-state index contributed by atoms with van der Waals surface area (Å²) in [4.78, 5) is 4.50. The van der Waals surface area contributed by atoms with Crippen LogP contribution in [0.25, 0.3) is 5.65 Å². The van der Waals surface area contributed by atoms with Crippen LogP contribution in [0.3, 0.4) is 0 Å². The summed E-state index contributed by atoms with van der Waals surface area (Å²) in [6.07, 6.45) is 1.82. The minimum Gasteiger partial charge on any atom is -0.504 e. The van der Waals surface area contributed by atoms with Gasteiger partial charge in [-0.3, -0.25) is 4.40 Å². The molecule has 23 heavy (non-hydrogen) atoms. The van der Waals surface area contributed by atoms with Crippen molar-refractivity contribution < 1.29 is 5.11 Å². The first-order chi connectivity index (χ1) is 11.0. The maximum Gasteiger partial charge on any atom is 0.183 e. The highest BCUT2D eigenvalue weighted by Gasteiger charge is 2.17. The number of halogens is 1. The van der Waals surface area contributed by atoms with Gasteiger partial charge in [0.15, 0.2) is 17.2 Å². The molecule has 0 radical (unpaired) electrons. The standard InChI is InChI=1S/C17H17ClN4O/c1-10(2)15-17(22-8-4-5-14(23)16(22)19-15)21-20-13-7-6-12(18)9-11(13)3/h4-10,23H,1-3H3. The molecule has 0 unspecified atom stereocenters. The zero-order chi connectivity index (χ0) is 16.6. The Bertz CT molecular complexity index is 899. The summed E-state index contributed by atoms with van der Waals surface area (Å²) in [7, 11) is 0. The van der Waals surface area contributed by atoms with Crippen LogP contribution < -0.4 is 0 Å². The summed E-state index contributed by atoms with van der Waals surface area (Å²) in [5, 5.41) is 19.4. The molecule has 5 nitrogen and oxygen atoms in total. The Hall–Kier alpha value is -2.40. The predicted octanol–water partition coefficient (Wildman–Crippen LogP) is 5.54. The lowest BCUT2D eigenvalue weighted by Crippen LogP contribution is -1.87. The molecule has 0 fully saturated rings. The molecule has 0 saturated heterocycles. The summed E-state index contributed by atoms with van der Waals surface area (Å²) in [6, 6.07) is 8.82. The quantitative estimate of drug-likeness (QED) is 0.641. The van der Waals surface area contributed by atoms with E-state index in [1.807, 2.05) is 39.1 Å². The molecule has 0 amide bonds. The van der Waals surface area contributed by atoms with Gasteiger partial charge in [0.25, 0.3) is 0 Å². The molecular weight excluding hydrogens is 312 g/mol. The number of rotatable bonds is 3. The largest absolute Gasteiger partial charge is 0.504 e. The molecule has 0 saturated carbocycles. The molecular formula is C17H17ClN4O. The van der Waals surface area contributed by atoms with E-state index >= 15 is 0 Å². The molecule has 0 atom stereocenters. The van der Waals surface area contributed by atoms with Crippen LogP contribution in [-0.2, 0) is 0 Å². The van der Waals surface area contributed by atoms with Crippen LogP contribution in [0.15, 0.2) is 46.8 Å². The van der Waals surface area contributed by atoms with Gasteiger partial charge in [0.1, 0.15) is 0 Å². The number of aryl methyl sites for hydroxylation is 1. The molecule has 118 valence electrons. The summed E-state index contributed by atoms with van der Waals surface area (Å²) in [5.74, 6) is 0.910. The molecule has 0 aliphatic carbocycles. The monoisotopic (exact) mass is 328 g/mol. The topological polar surface area (TPSA) is 62.2 Å². The fraction of sp³-hybridized carbons (Fsp3) is 0.235. The van der Waals surface area contributed by atoms with Gasteiger partial charge in [-0.2, -0.15) is 0 Å². The van der Waals surface area contributed by atoms with E-state index in [4.69, 9.17) is 11.6 Å². The van der Waals surface area contributed by atoms with Gasteiger partial charge < -0.3 is 5.11 Å². The lowest BCUT2D eigenvalue weighted by atomic mass is 10.1. The van der Waals surface area contributed by atoms with Crippen molar-refractivity contribution in [3.63, 3.8) is 0 Å². The van der Waals surface area contributed by atoms with Gasteiger partial charge in [-0.25, -0.2) is 4.98 Å². The number of azo groups is 1. The molecule has 3 rings (SSSR count). The van der Waals surface area contributed by atoms with Gasteiger partial charge in [0.05, 0.1) is 11.4 Å². The average Bonchev–Trinajstić information content (AvgIpc) is 2.87.